The van der Waals surface area contributed by atoms with Crippen molar-refractivity contribution in [3.8, 4) is 0 Å². The zero-order valence-corrected chi connectivity index (χ0v) is 11.6. The van der Waals surface area contributed by atoms with Gasteiger partial charge in [0.2, 0.25) is 0 Å². The van der Waals surface area contributed by atoms with E-state index in [2.05, 4.69) is 15.9 Å². The normalized spacial score (nSPS) is 12.7. The summed E-state index contributed by atoms with van der Waals surface area (Å²) in [4.78, 5) is -0.0781. The highest BCUT2D eigenvalue weighted by Crippen LogP contribution is 2.32. The molecular weight excluding hydrogens is 306 g/mol. The minimum atomic E-state index is -0.287. The second-order valence-electron chi connectivity index (χ2n) is 3.82. The van der Waals surface area contributed by atoms with Crippen LogP contribution in [0.2, 0.25) is 5.02 Å². The molecule has 17 heavy (non-hydrogen) atoms. The minimum absolute atomic E-state index is 0.0781. The molecule has 0 aliphatic carbocycles. The van der Waals surface area contributed by atoms with Crippen LogP contribution in [-0.4, -0.2) is 0 Å². The third-order valence-electron chi connectivity index (χ3n) is 2.51. The molecule has 1 atom stereocenters. The molecule has 0 saturated heterocycles. The van der Waals surface area contributed by atoms with E-state index >= 15 is 0 Å². The molecule has 0 aliphatic rings. The van der Waals surface area contributed by atoms with Crippen LogP contribution in [0.3, 0.4) is 0 Å². The number of aryl methyl sites for hydroxylation is 1. The van der Waals surface area contributed by atoms with Gasteiger partial charge in [0.1, 0.15) is 17.3 Å². The largest absolute Gasteiger partial charge is 0.465 e. The van der Waals surface area contributed by atoms with Crippen LogP contribution in [0, 0.1) is 12.7 Å². The third kappa shape index (κ3) is 2.90. The molecule has 0 spiro atoms. The second-order valence-corrected chi connectivity index (χ2v) is 5.33. The van der Waals surface area contributed by atoms with Crippen molar-refractivity contribution in [3.05, 3.63) is 58.3 Å². The summed E-state index contributed by atoms with van der Waals surface area (Å²) in [6.07, 6.45) is 0.457. The second kappa shape index (κ2) is 5.23. The molecule has 0 amide bonds. The summed E-state index contributed by atoms with van der Waals surface area (Å²) in [7, 11) is 0. The van der Waals surface area contributed by atoms with Crippen molar-refractivity contribution in [1.29, 1.82) is 0 Å². The Labute approximate surface area is 113 Å². The van der Waals surface area contributed by atoms with Crippen LogP contribution in [-0.2, 0) is 6.42 Å². The SMILES string of the molecule is Cc1ccc(C(Br)Cc2c(F)cccc2Cl)o1. The van der Waals surface area contributed by atoms with Crippen molar-refractivity contribution in [3.63, 3.8) is 0 Å². The molecule has 1 unspecified atom stereocenters. The van der Waals surface area contributed by atoms with Gasteiger partial charge in [-0.1, -0.05) is 33.6 Å². The molecule has 2 rings (SSSR count). The Morgan fingerprint density at radius 3 is 2.71 bits per heavy atom. The minimum Gasteiger partial charge on any atom is -0.465 e. The van der Waals surface area contributed by atoms with Gasteiger partial charge in [-0.15, -0.1) is 0 Å². The molecule has 1 aromatic carbocycles. The molecule has 0 N–H and O–H groups in total. The maximum Gasteiger partial charge on any atom is 0.127 e. The van der Waals surface area contributed by atoms with E-state index in [0.29, 0.717) is 17.0 Å². The number of alkyl halides is 1. The fourth-order valence-corrected chi connectivity index (χ4v) is 2.44. The Kier molecular flexibility index (Phi) is 3.89. The summed E-state index contributed by atoms with van der Waals surface area (Å²) in [5.74, 6) is 1.33. The van der Waals surface area contributed by atoms with E-state index in [1.54, 1.807) is 12.1 Å². The first-order valence-corrected chi connectivity index (χ1v) is 6.50. The molecular formula is C13H11BrClFO. The van der Waals surface area contributed by atoms with Crippen LogP contribution in [0.1, 0.15) is 21.9 Å². The van der Waals surface area contributed by atoms with Gasteiger partial charge in [-0.25, -0.2) is 4.39 Å². The number of benzene rings is 1. The summed E-state index contributed by atoms with van der Waals surface area (Å²) < 4.78 is 19.1. The summed E-state index contributed by atoms with van der Waals surface area (Å²) in [5.41, 5.74) is 0.505. The van der Waals surface area contributed by atoms with Gasteiger partial charge < -0.3 is 4.42 Å². The average Bonchev–Trinajstić information content (AvgIpc) is 2.70. The molecule has 90 valence electrons. The predicted molar refractivity (Wildman–Crippen MR) is 70.2 cm³/mol. The van der Waals surface area contributed by atoms with Gasteiger partial charge in [-0.3, -0.25) is 0 Å². The maximum absolute atomic E-state index is 13.6. The summed E-state index contributed by atoms with van der Waals surface area (Å²) >= 11 is 9.46. The van der Waals surface area contributed by atoms with Crippen LogP contribution in [0.5, 0.6) is 0 Å². The van der Waals surface area contributed by atoms with E-state index < -0.39 is 0 Å². The zero-order valence-electron chi connectivity index (χ0n) is 9.21. The van der Waals surface area contributed by atoms with Gasteiger partial charge in [0.15, 0.2) is 0 Å². The van der Waals surface area contributed by atoms with Crippen LogP contribution in [0.4, 0.5) is 4.39 Å². The van der Waals surface area contributed by atoms with E-state index in [-0.39, 0.29) is 10.6 Å². The summed E-state index contributed by atoms with van der Waals surface area (Å²) in [6, 6.07) is 8.46. The van der Waals surface area contributed by atoms with Crippen molar-refractivity contribution in [2.24, 2.45) is 0 Å². The highest BCUT2D eigenvalue weighted by molar-refractivity contribution is 9.09. The molecule has 2 aromatic rings. The molecule has 4 heteroatoms. The summed E-state index contributed by atoms with van der Waals surface area (Å²) in [6.45, 7) is 1.87. The number of hydrogen-bond acceptors (Lipinski definition) is 1. The van der Waals surface area contributed by atoms with E-state index in [9.17, 15) is 4.39 Å². The Balaban J connectivity index is 2.21. The van der Waals surface area contributed by atoms with Gasteiger partial charge in [0, 0.05) is 10.6 Å². The molecule has 1 nitrogen and oxygen atoms in total. The van der Waals surface area contributed by atoms with E-state index in [4.69, 9.17) is 16.0 Å². The molecule has 0 aliphatic heterocycles. The average molecular weight is 318 g/mol. The Morgan fingerprint density at radius 1 is 1.35 bits per heavy atom. The van der Waals surface area contributed by atoms with E-state index in [0.717, 1.165) is 11.5 Å². The highest BCUT2D eigenvalue weighted by Gasteiger charge is 2.16. The number of rotatable bonds is 3. The van der Waals surface area contributed by atoms with Crippen LogP contribution < -0.4 is 0 Å². The van der Waals surface area contributed by atoms with Crippen LogP contribution in [0.25, 0.3) is 0 Å². The standard InChI is InChI=1S/C13H11BrClFO/c1-8-5-6-13(17-8)10(14)7-9-11(15)3-2-4-12(9)16/h2-6,10H,7H2,1H3. The van der Waals surface area contributed by atoms with Gasteiger partial charge >= 0.3 is 0 Å². The Bertz CT molecular complexity index is 504. The van der Waals surface area contributed by atoms with E-state index in [1.165, 1.54) is 6.07 Å². The fraction of sp³-hybridized carbons (Fsp3) is 0.231. The van der Waals surface area contributed by atoms with Gasteiger partial charge in [0.25, 0.3) is 0 Å². The Hall–Kier alpha value is -0.800. The fourth-order valence-electron chi connectivity index (χ4n) is 1.63. The molecule has 0 bridgehead atoms. The first kappa shape index (κ1) is 12.7. The van der Waals surface area contributed by atoms with Crippen LogP contribution >= 0.6 is 27.5 Å². The first-order chi connectivity index (χ1) is 8.08. The lowest BCUT2D eigenvalue weighted by Crippen LogP contribution is -1.98. The third-order valence-corrected chi connectivity index (χ3v) is 3.64. The van der Waals surface area contributed by atoms with Crippen molar-refractivity contribution < 1.29 is 8.81 Å². The maximum atomic E-state index is 13.6. The lowest BCUT2D eigenvalue weighted by atomic mass is 10.1. The molecule has 1 heterocycles. The lowest BCUT2D eigenvalue weighted by Gasteiger charge is -2.09. The number of halogens is 3. The number of furan rings is 1. The topological polar surface area (TPSA) is 13.1 Å². The van der Waals surface area contributed by atoms with Crippen molar-refractivity contribution >= 4 is 27.5 Å². The van der Waals surface area contributed by atoms with Gasteiger partial charge in [-0.05, 0) is 37.6 Å². The molecule has 0 saturated carbocycles. The quantitative estimate of drug-likeness (QED) is 0.721. The smallest absolute Gasteiger partial charge is 0.127 e. The number of hydrogen-bond donors (Lipinski definition) is 0. The highest BCUT2D eigenvalue weighted by atomic mass is 79.9. The monoisotopic (exact) mass is 316 g/mol. The van der Waals surface area contributed by atoms with Gasteiger partial charge in [-0.2, -0.15) is 0 Å². The Morgan fingerprint density at radius 2 is 2.12 bits per heavy atom. The molecule has 1 aromatic heterocycles. The van der Waals surface area contributed by atoms with Crippen LogP contribution in [0.15, 0.2) is 34.7 Å². The first-order valence-electron chi connectivity index (χ1n) is 5.21. The van der Waals surface area contributed by atoms with Crippen molar-refractivity contribution in [2.75, 3.05) is 0 Å². The van der Waals surface area contributed by atoms with Gasteiger partial charge in [0.05, 0.1) is 4.83 Å². The van der Waals surface area contributed by atoms with Crippen molar-refractivity contribution in [2.45, 2.75) is 18.2 Å². The summed E-state index contributed by atoms with van der Waals surface area (Å²) in [5, 5.41) is 0.442. The van der Waals surface area contributed by atoms with Crippen molar-refractivity contribution in [1.82, 2.24) is 0 Å². The molecule has 0 fully saturated rings. The molecule has 0 radical (unpaired) electrons. The lowest BCUT2D eigenvalue weighted by molar-refractivity contribution is 0.479. The predicted octanol–water partition coefficient (Wildman–Crippen LogP) is 5.06. The van der Waals surface area contributed by atoms with E-state index in [1.807, 2.05) is 19.1 Å². The zero-order chi connectivity index (χ0) is 12.4.